The van der Waals surface area contributed by atoms with Gasteiger partial charge in [-0.2, -0.15) is 5.26 Å². The summed E-state index contributed by atoms with van der Waals surface area (Å²) in [5.41, 5.74) is 1.23. The number of nitriles is 1. The second-order valence-corrected chi connectivity index (χ2v) is 14.3. The van der Waals surface area contributed by atoms with Crippen molar-refractivity contribution in [1.29, 1.82) is 5.26 Å². The largest absolute Gasteiger partial charge is 0.271 e. The third kappa shape index (κ3) is 4.61. The molecule has 2 atom stereocenters. The fraction of sp³-hybridized carbons (Fsp3) is 0.341. The average molecular weight is 741 g/mol. The zero-order valence-electron chi connectivity index (χ0n) is 28.9. The summed E-state index contributed by atoms with van der Waals surface area (Å²) in [5, 5.41) is 13.7. The molecule has 5 aromatic rings. The highest BCUT2D eigenvalue weighted by Gasteiger charge is 2.42. The van der Waals surface area contributed by atoms with Crippen LogP contribution in [0.2, 0.25) is 0 Å². The SMILES string of the molecule is [C-]#[N+]c1cc2c3c(cc(Br)c4c5c(C#N)cc6c7c(cc([N+]#[C-])c(c1c34)c75)C(=O)N(C(CC)CCCC)C6=O)C(=O)N(C(CC)CCCC)C2=O. The molecule has 0 radical (unpaired) electrons. The predicted octanol–water partition coefficient (Wildman–Crippen LogP) is 10.6. The molecule has 0 aliphatic carbocycles. The van der Waals surface area contributed by atoms with E-state index in [1.807, 2.05) is 20.8 Å². The number of hydrogen-bond acceptors (Lipinski definition) is 5. The molecule has 51 heavy (non-hydrogen) atoms. The van der Waals surface area contributed by atoms with Crippen molar-refractivity contribution in [2.75, 3.05) is 0 Å². The van der Waals surface area contributed by atoms with Crippen molar-refractivity contribution in [3.63, 3.8) is 0 Å². The predicted molar refractivity (Wildman–Crippen MR) is 201 cm³/mol. The van der Waals surface area contributed by atoms with Gasteiger partial charge in [0, 0.05) is 60.4 Å². The molecule has 254 valence electrons. The Kier molecular flexibility index (Phi) is 8.52. The first kappa shape index (κ1) is 34.1. The van der Waals surface area contributed by atoms with Gasteiger partial charge in [-0.05, 0) is 71.5 Å². The van der Waals surface area contributed by atoms with Crippen LogP contribution in [0.5, 0.6) is 0 Å². The van der Waals surface area contributed by atoms with Crippen molar-refractivity contribution in [3.05, 3.63) is 79.4 Å². The summed E-state index contributed by atoms with van der Waals surface area (Å²) in [6.07, 6.45) is 5.89. The lowest BCUT2D eigenvalue weighted by Crippen LogP contribution is -2.47. The number of halogens is 1. The Morgan fingerprint density at radius 1 is 0.627 bits per heavy atom. The summed E-state index contributed by atoms with van der Waals surface area (Å²) in [7, 11) is 0. The second-order valence-electron chi connectivity index (χ2n) is 13.5. The Bertz CT molecular complexity index is 2510. The highest BCUT2D eigenvalue weighted by molar-refractivity contribution is 9.10. The van der Waals surface area contributed by atoms with E-state index in [1.54, 1.807) is 6.07 Å². The van der Waals surface area contributed by atoms with Gasteiger partial charge in [0.05, 0.1) is 24.8 Å². The molecule has 0 bridgehead atoms. The summed E-state index contributed by atoms with van der Waals surface area (Å²) in [6, 6.07) is 7.80. The Morgan fingerprint density at radius 3 is 1.43 bits per heavy atom. The van der Waals surface area contributed by atoms with Gasteiger partial charge in [-0.3, -0.25) is 29.0 Å². The van der Waals surface area contributed by atoms with Crippen LogP contribution in [0, 0.1) is 24.5 Å². The number of fused-ring (bicyclic) bond motifs is 2. The molecular weight excluding hydrogens is 706 g/mol. The Labute approximate surface area is 303 Å². The van der Waals surface area contributed by atoms with E-state index in [1.165, 1.54) is 28.0 Å². The number of amides is 4. The van der Waals surface area contributed by atoms with Crippen molar-refractivity contribution < 1.29 is 19.2 Å². The fourth-order valence-electron chi connectivity index (χ4n) is 8.44. The minimum absolute atomic E-state index is 0.0807. The minimum atomic E-state index is -0.495. The van der Waals surface area contributed by atoms with E-state index in [0.29, 0.717) is 78.8 Å². The fourth-order valence-corrected chi connectivity index (χ4v) is 9.06. The van der Waals surface area contributed by atoms with Crippen LogP contribution in [0.4, 0.5) is 11.4 Å². The molecule has 0 saturated heterocycles. The number of rotatable bonds is 10. The van der Waals surface area contributed by atoms with E-state index < -0.39 is 23.6 Å². The molecular formula is C41H34BrN5O4. The van der Waals surface area contributed by atoms with Crippen molar-refractivity contribution in [2.45, 2.75) is 91.1 Å². The summed E-state index contributed by atoms with van der Waals surface area (Å²) < 4.78 is 0.455. The van der Waals surface area contributed by atoms with Crippen molar-refractivity contribution >= 4 is 94.0 Å². The number of nitrogens with zero attached hydrogens (tertiary/aromatic N) is 5. The van der Waals surface area contributed by atoms with Gasteiger partial charge in [0.25, 0.3) is 23.6 Å². The lowest BCUT2D eigenvalue weighted by Gasteiger charge is -2.36. The third-order valence-corrected chi connectivity index (χ3v) is 11.5. The van der Waals surface area contributed by atoms with Gasteiger partial charge in [-0.1, -0.05) is 69.3 Å². The van der Waals surface area contributed by atoms with E-state index in [9.17, 15) is 24.4 Å². The normalized spacial score (nSPS) is 15.3. The smallest absolute Gasteiger partial charge is 0.261 e. The maximum absolute atomic E-state index is 14.3. The van der Waals surface area contributed by atoms with Gasteiger partial charge < -0.3 is 0 Å². The molecule has 0 spiro atoms. The zero-order valence-corrected chi connectivity index (χ0v) is 30.5. The lowest BCUT2D eigenvalue weighted by molar-refractivity contribution is 0.0508. The Balaban J connectivity index is 1.66. The van der Waals surface area contributed by atoms with Gasteiger partial charge in [0.1, 0.15) is 0 Å². The second kappa shape index (κ2) is 12.7. The van der Waals surface area contributed by atoms with Gasteiger partial charge >= 0.3 is 0 Å². The van der Waals surface area contributed by atoms with E-state index >= 15 is 0 Å². The van der Waals surface area contributed by atoms with Crippen LogP contribution >= 0.6 is 15.9 Å². The molecule has 7 rings (SSSR count). The molecule has 0 saturated carbocycles. The number of carbonyl (C=O) groups excluding carboxylic acids is 4. The molecule has 2 aliphatic rings. The summed E-state index contributed by atoms with van der Waals surface area (Å²) in [5.74, 6) is -1.90. The highest BCUT2D eigenvalue weighted by Crippen LogP contribution is 2.54. The van der Waals surface area contributed by atoms with Crippen LogP contribution in [0.25, 0.3) is 52.8 Å². The van der Waals surface area contributed by atoms with E-state index in [-0.39, 0.29) is 45.7 Å². The van der Waals surface area contributed by atoms with Crippen molar-refractivity contribution in [1.82, 2.24) is 9.80 Å². The molecule has 2 unspecified atom stereocenters. The van der Waals surface area contributed by atoms with Crippen LogP contribution in [0.15, 0.2) is 28.7 Å². The average Bonchev–Trinajstić information content (AvgIpc) is 3.14. The molecule has 0 aromatic heterocycles. The van der Waals surface area contributed by atoms with Gasteiger partial charge in [0.2, 0.25) is 0 Å². The van der Waals surface area contributed by atoms with Gasteiger partial charge in [0.15, 0.2) is 11.4 Å². The van der Waals surface area contributed by atoms with E-state index in [4.69, 9.17) is 13.1 Å². The van der Waals surface area contributed by atoms with E-state index in [0.717, 1.165) is 25.7 Å². The van der Waals surface area contributed by atoms with Crippen LogP contribution in [-0.4, -0.2) is 45.5 Å². The molecule has 0 N–H and O–H groups in total. The monoisotopic (exact) mass is 739 g/mol. The third-order valence-electron chi connectivity index (χ3n) is 10.8. The van der Waals surface area contributed by atoms with Crippen LogP contribution in [-0.2, 0) is 0 Å². The number of benzene rings is 5. The van der Waals surface area contributed by atoms with Gasteiger partial charge in [-0.25, -0.2) is 9.69 Å². The number of unbranched alkanes of at least 4 members (excludes halogenated alkanes) is 2. The summed E-state index contributed by atoms with van der Waals surface area (Å²) in [6.45, 7) is 24.6. The Hall–Kier alpha value is -5.37. The molecule has 4 amide bonds. The highest BCUT2D eigenvalue weighted by atomic mass is 79.9. The first-order chi connectivity index (χ1) is 24.6. The number of carbonyl (C=O) groups is 4. The van der Waals surface area contributed by atoms with Crippen LogP contribution in [0.3, 0.4) is 0 Å². The first-order valence-electron chi connectivity index (χ1n) is 17.6. The zero-order chi connectivity index (χ0) is 36.5. The molecule has 0 fully saturated rings. The standard InChI is InChI=1S/C41H34BrN5O4/c1-7-11-13-21(9-3)46-38(48)23-15-20(19-43)30-33-27(42)16-24-32-26(41(51)47(39(24)49)22(10-4)14-12-8-2)18-29(45-6)35(37(32)33)34-28(44-5)17-25(40(46)50)31(23)36(30)34/h15-18,21-22H,7-14H2,1-4H3. The molecule has 9 nitrogen and oxygen atoms in total. The van der Waals surface area contributed by atoms with Gasteiger partial charge in [-0.15, -0.1) is 0 Å². The summed E-state index contributed by atoms with van der Waals surface area (Å²) >= 11 is 3.72. The van der Waals surface area contributed by atoms with Crippen molar-refractivity contribution in [2.24, 2.45) is 0 Å². The number of hydrogen-bond donors (Lipinski definition) is 0. The van der Waals surface area contributed by atoms with Crippen molar-refractivity contribution in [3.8, 4) is 6.07 Å². The lowest BCUT2D eigenvalue weighted by atomic mass is 9.79. The first-order valence-corrected chi connectivity index (χ1v) is 18.3. The van der Waals surface area contributed by atoms with E-state index in [2.05, 4.69) is 38.6 Å². The molecule has 5 aromatic carbocycles. The topological polar surface area (TPSA) is 107 Å². The maximum Gasteiger partial charge on any atom is 0.261 e. The molecule has 10 heteroatoms. The van der Waals surface area contributed by atoms with Crippen LogP contribution in [0.1, 0.15) is 126 Å². The summed E-state index contributed by atoms with van der Waals surface area (Å²) in [4.78, 5) is 67.7. The maximum atomic E-state index is 14.3. The minimum Gasteiger partial charge on any atom is -0.271 e. The van der Waals surface area contributed by atoms with Crippen LogP contribution < -0.4 is 0 Å². The molecule has 2 aliphatic heterocycles. The molecule has 2 heterocycles. The quantitative estimate of drug-likeness (QED) is 0.0613. The Morgan fingerprint density at radius 2 is 1.04 bits per heavy atom. The number of imide groups is 2.